The Labute approximate surface area is 120 Å². The van der Waals surface area contributed by atoms with Gasteiger partial charge in [0.05, 0.1) is 5.75 Å². The van der Waals surface area contributed by atoms with Crippen LogP contribution in [0.1, 0.15) is 25.3 Å². The molecule has 0 spiro atoms. The van der Waals surface area contributed by atoms with Crippen molar-refractivity contribution < 1.29 is 8.42 Å². The van der Waals surface area contributed by atoms with E-state index in [4.69, 9.17) is 11.6 Å². The highest BCUT2D eigenvalue weighted by Gasteiger charge is 2.10. The molecule has 6 heteroatoms. The molecule has 19 heavy (non-hydrogen) atoms. The van der Waals surface area contributed by atoms with Crippen LogP contribution in [0.4, 0.5) is 0 Å². The molecule has 0 aliphatic heterocycles. The summed E-state index contributed by atoms with van der Waals surface area (Å²) in [4.78, 5) is 0. The first-order chi connectivity index (χ1) is 9.05. The number of hydrogen-bond acceptors (Lipinski definition) is 3. The second kappa shape index (κ2) is 8.53. The van der Waals surface area contributed by atoms with Crippen LogP contribution in [0.25, 0.3) is 0 Å². The van der Waals surface area contributed by atoms with Gasteiger partial charge in [-0.15, -0.1) is 0 Å². The molecule has 108 valence electrons. The zero-order valence-corrected chi connectivity index (χ0v) is 12.7. The zero-order valence-electron chi connectivity index (χ0n) is 11.2. The van der Waals surface area contributed by atoms with Crippen molar-refractivity contribution in [2.45, 2.75) is 26.3 Å². The van der Waals surface area contributed by atoms with Crippen molar-refractivity contribution in [3.05, 3.63) is 34.9 Å². The van der Waals surface area contributed by atoms with E-state index in [1.807, 2.05) is 18.2 Å². The minimum atomic E-state index is -3.23. The maximum atomic E-state index is 11.8. The van der Waals surface area contributed by atoms with Gasteiger partial charge in [0.2, 0.25) is 10.0 Å². The fraction of sp³-hybridized carbons (Fsp3) is 0.538. The molecule has 0 radical (unpaired) electrons. The van der Waals surface area contributed by atoms with Gasteiger partial charge in [-0.3, -0.25) is 0 Å². The standard InChI is InChI=1S/C13H21ClN2O2S/c1-2-8-15-9-5-10-19(17,18)16-11-12-6-3-4-7-13(12)14/h3-4,6-7,15-16H,2,5,8-11H2,1H3. The fourth-order valence-corrected chi connectivity index (χ4v) is 2.84. The number of hydrogen-bond donors (Lipinski definition) is 2. The zero-order chi connectivity index (χ0) is 14.1. The number of nitrogens with one attached hydrogen (secondary N) is 2. The summed E-state index contributed by atoms with van der Waals surface area (Å²) in [5.74, 6) is 0.133. The monoisotopic (exact) mass is 304 g/mol. The predicted molar refractivity (Wildman–Crippen MR) is 79.9 cm³/mol. The summed E-state index contributed by atoms with van der Waals surface area (Å²) >= 11 is 5.97. The maximum Gasteiger partial charge on any atom is 0.211 e. The molecule has 1 rings (SSSR count). The largest absolute Gasteiger partial charge is 0.317 e. The predicted octanol–water partition coefficient (Wildman–Crippen LogP) is 2.15. The second-order valence-corrected chi connectivity index (χ2v) is 6.67. The highest BCUT2D eigenvalue weighted by molar-refractivity contribution is 7.89. The van der Waals surface area contributed by atoms with Gasteiger partial charge >= 0.3 is 0 Å². The van der Waals surface area contributed by atoms with E-state index in [2.05, 4.69) is 17.0 Å². The van der Waals surface area contributed by atoms with Crippen molar-refractivity contribution in [2.75, 3.05) is 18.8 Å². The molecule has 0 unspecified atom stereocenters. The number of rotatable bonds is 9. The minimum Gasteiger partial charge on any atom is -0.317 e. The highest BCUT2D eigenvalue weighted by Crippen LogP contribution is 2.14. The van der Waals surface area contributed by atoms with Gasteiger partial charge in [-0.1, -0.05) is 36.7 Å². The molecule has 0 heterocycles. The molecule has 0 aromatic heterocycles. The molecular formula is C13H21ClN2O2S. The summed E-state index contributed by atoms with van der Waals surface area (Å²) in [6.45, 7) is 3.97. The lowest BCUT2D eigenvalue weighted by atomic mass is 10.2. The third kappa shape index (κ3) is 6.92. The molecule has 0 aliphatic rings. The van der Waals surface area contributed by atoms with Gasteiger partial charge in [-0.05, 0) is 37.6 Å². The van der Waals surface area contributed by atoms with E-state index >= 15 is 0 Å². The Kier molecular flexibility index (Phi) is 7.38. The number of halogens is 1. The molecule has 1 aromatic rings. The lowest BCUT2D eigenvalue weighted by Crippen LogP contribution is -2.28. The smallest absolute Gasteiger partial charge is 0.211 e. The summed E-state index contributed by atoms with van der Waals surface area (Å²) in [6, 6.07) is 7.22. The van der Waals surface area contributed by atoms with Crippen molar-refractivity contribution in [1.82, 2.24) is 10.0 Å². The third-order valence-electron chi connectivity index (χ3n) is 2.63. The average molecular weight is 305 g/mol. The van der Waals surface area contributed by atoms with Gasteiger partial charge < -0.3 is 5.32 Å². The van der Waals surface area contributed by atoms with Gasteiger partial charge in [0.15, 0.2) is 0 Å². The third-order valence-corrected chi connectivity index (χ3v) is 4.41. The van der Waals surface area contributed by atoms with E-state index in [9.17, 15) is 8.42 Å². The Bertz CT molecular complexity index is 477. The molecular weight excluding hydrogens is 284 g/mol. The topological polar surface area (TPSA) is 58.2 Å². The van der Waals surface area contributed by atoms with Gasteiger partial charge in [0.1, 0.15) is 0 Å². The quantitative estimate of drug-likeness (QED) is 0.687. The molecule has 0 aliphatic carbocycles. The first-order valence-corrected chi connectivity index (χ1v) is 8.49. The van der Waals surface area contributed by atoms with E-state index < -0.39 is 10.0 Å². The molecule has 0 amide bonds. The lowest BCUT2D eigenvalue weighted by Gasteiger charge is -2.08. The lowest BCUT2D eigenvalue weighted by molar-refractivity contribution is 0.574. The van der Waals surface area contributed by atoms with E-state index in [0.29, 0.717) is 11.4 Å². The fourth-order valence-electron chi connectivity index (χ4n) is 1.59. The van der Waals surface area contributed by atoms with Crippen molar-refractivity contribution in [1.29, 1.82) is 0 Å². The molecule has 1 aromatic carbocycles. The van der Waals surface area contributed by atoms with Gasteiger partial charge in [0.25, 0.3) is 0 Å². The van der Waals surface area contributed by atoms with Crippen LogP contribution in [0.2, 0.25) is 5.02 Å². The Hall–Kier alpha value is -0.620. The summed E-state index contributed by atoms with van der Waals surface area (Å²) in [5, 5.41) is 3.76. The van der Waals surface area contributed by atoms with Crippen LogP contribution in [0, 0.1) is 0 Å². The first kappa shape index (κ1) is 16.4. The minimum absolute atomic E-state index is 0.133. The Morgan fingerprint density at radius 1 is 1.21 bits per heavy atom. The van der Waals surface area contributed by atoms with Crippen LogP contribution in [-0.2, 0) is 16.6 Å². The van der Waals surface area contributed by atoms with Crippen molar-refractivity contribution >= 4 is 21.6 Å². The average Bonchev–Trinajstić information content (AvgIpc) is 2.37. The summed E-state index contributed by atoms with van der Waals surface area (Å²) in [6.07, 6.45) is 1.66. The summed E-state index contributed by atoms with van der Waals surface area (Å²) in [7, 11) is -3.23. The van der Waals surface area contributed by atoms with Crippen molar-refractivity contribution in [3.8, 4) is 0 Å². The molecule has 4 nitrogen and oxygen atoms in total. The molecule has 0 fully saturated rings. The summed E-state index contributed by atoms with van der Waals surface area (Å²) < 4.78 is 26.1. The van der Waals surface area contributed by atoms with Gasteiger partial charge in [-0.2, -0.15) is 0 Å². The SMILES string of the molecule is CCCNCCCS(=O)(=O)NCc1ccccc1Cl. The first-order valence-electron chi connectivity index (χ1n) is 6.46. The van der Waals surface area contributed by atoms with Gasteiger partial charge in [0, 0.05) is 11.6 Å². The summed E-state index contributed by atoms with van der Waals surface area (Å²) in [5.41, 5.74) is 0.789. The van der Waals surface area contributed by atoms with E-state index in [1.54, 1.807) is 6.07 Å². The second-order valence-electron chi connectivity index (χ2n) is 4.33. The van der Waals surface area contributed by atoms with E-state index in [1.165, 1.54) is 0 Å². The van der Waals surface area contributed by atoms with E-state index in [-0.39, 0.29) is 12.3 Å². The molecule has 0 saturated heterocycles. The molecule has 0 atom stereocenters. The molecule has 0 bridgehead atoms. The van der Waals surface area contributed by atoms with Gasteiger partial charge in [-0.25, -0.2) is 13.1 Å². The van der Waals surface area contributed by atoms with Crippen LogP contribution in [0.5, 0.6) is 0 Å². The Morgan fingerprint density at radius 3 is 2.63 bits per heavy atom. The Morgan fingerprint density at radius 2 is 1.95 bits per heavy atom. The Balaban J connectivity index is 2.33. The molecule has 0 saturated carbocycles. The van der Waals surface area contributed by atoms with Crippen molar-refractivity contribution in [3.63, 3.8) is 0 Å². The van der Waals surface area contributed by atoms with Crippen LogP contribution in [0.15, 0.2) is 24.3 Å². The van der Waals surface area contributed by atoms with Crippen LogP contribution in [0.3, 0.4) is 0 Å². The molecule has 2 N–H and O–H groups in total. The van der Waals surface area contributed by atoms with Crippen molar-refractivity contribution in [2.24, 2.45) is 0 Å². The highest BCUT2D eigenvalue weighted by atomic mass is 35.5. The number of benzene rings is 1. The normalized spacial score (nSPS) is 11.7. The van der Waals surface area contributed by atoms with E-state index in [0.717, 1.165) is 25.1 Å². The number of sulfonamides is 1. The van der Waals surface area contributed by atoms with Crippen LogP contribution in [-0.4, -0.2) is 27.3 Å². The van der Waals surface area contributed by atoms with Crippen LogP contribution >= 0.6 is 11.6 Å². The van der Waals surface area contributed by atoms with Crippen LogP contribution < -0.4 is 10.0 Å². The maximum absolute atomic E-state index is 11.8.